The van der Waals surface area contributed by atoms with Gasteiger partial charge >= 0.3 is 6.18 Å². The molecule has 0 saturated carbocycles. The molecule has 4 aromatic rings. The van der Waals surface area contributed by atoms with Gasteiger partial charge in [0.25, 0.3) is 5.91 Å². The topological polar surface area (TPSA) is 89.0 Å². The summed E-state index contributed by atoms with van der Waals surface area (Å²) in [4.78, 5) is 24.9. The van der Waals surface area contributed by atoms with Gasteiger partial charge in [-0.2, -0.15) is 13.2 Å². The number of hydrogen-bond acceptors (Lipinski definition) is 7. The summed E-state index contributed by atoms with van der Waals surface area (Å²) in [6.45, 7) is 0.545. The van der Waals surface area contributed by atoms with Crippen LogP contribution < -0.4 is 15.4 Å². The van der Waals surface area contributed by atoms with Crippen LogP contribution in [0.4, 0.5) is 23.2 Å². The summed E-state index contributed by atoms with van der Waals surface area (Å²) in [5.74, 6) is -1.34. The first-order chi connectivity index (χ1) is 15.7. The number of amides is 1. The van der Waals surface area contributed by atoms with Crippen molar-refractivity contribution in [3.8, 4) is 11.6 Å². The molecule has 0 unspecified atom stereocenters. The highest BCUT2D eigenvalue weighted by Gasteiger charge is 2.34. The highest BCUT2D eigenvalue weighted by molar-refractivity contribution is 7.20. The number of benzene rings is 2. The lowest BCUT2D eigenvalue weighted by molar-refractivity contribution is -0.139. The van der Waals surface area contributed by atoms with Gasteiger partial charge in [-0.3, -0.25) is 4.79 Å². The van der Waals surface area contributed by atoms with E-state index in [0.29, 0.717) is 40.5 Å². The van der Waals surface area contributed by atoms with E-state index in [-0.39, 0.29) is 10.7 Å². The first-order valence-corrected chi connectivity index (χ1v) is 10.3. The van der Waals surface area contributed by atoms with Gasteiger partial charge in [-0.15, -0.1) is 11.3 Å². The first kappa shape index (κ1) is 22.6. The number of aromatic nitrogens is 3. The Morgan fingerprint density at radius 1 is 1.12 bits per heavy atom. The third kappa shape index (κ3) is 5.23. The molecule has 7 nitrogen and oxygen atoms in total. The minimum absolute atomic E-state index is 0.0263. The number of rotatable bonds is 6. The SMILES string of the molecule is CNCc1cc(Oc2ccc3nc(C(=O)Nc4ccc(F)c(C(F)(F)F)c4)sc3c2)ncn1. The molecule has 0 aliphatic heterocycles. The zero-order valence-electron chi connectivity index (χ0n) is 16.9. The second-order valence-corrected chi connectivity index (χ2v) is 7.81. The van der Waals surface area contributed by atoms with E-state index < -0.39 is 23.5 Å². The molecular formula is C21H15F4N5O2S. The van der Waals surface area contributed by atoms with Crippen LogP contribution in [0.2, 0.25) is 0 Å². The van der Waals surface area contributed by atoms with Crippen molar-refractivity contribution in [2.24, 2.45) is 0 Å². The van der Waals surface area contributed by atoms with Crippen LogP contribution in [0.15, 0.2) is 48.8 Å². The van der Waals surface area contributed by atoms with Crippen molar-refractivity contribution < 1.29 is 27.1 Å². The van der Waals surface area contributed by atoms with Gasteiger partial charge in [-0.1, -0.05) is 0 Å². The Balaban J connectivity index is 1.53. The second-order valence-electron chi connectivity index (χ2n) is 6.78. The van der Waals surface area contributed by atoms with Crippen molar-refractivity contribution in [1.29, 1.82) is 0 Å². The summed E-state index contributed by atoms with van der Waals surface area (Å²) in [7, 11) is 1.79. The van der Waals surface area contributed by atoms with Gasteiger partial charge in [-0.25, -0.2) is 19.3 Å². The molecule has 33 heavy (non-hydrogen) atoms. The average Bonchev–Trinajstić information content (AvgIpc) is 3.18. The Morgan fingerprint density at radius 3 is 2.70 bits per heavy atom. The Kier molecular flexibility index (Phi) is 6.20. The molecule has 1 amide bonds. The zero-order chi connectivity index (χ0) is 23.6. The normalized spacial score (nSPS) is 11.5. The lowest BCUT2D eigenvalue weighted by Gasteiger charge is -2.10. The van der Waals surface area contributed by atoms with Crippen LogP contribution in [0.25, 0.3) is 10.2 Å². The molecule has 0 spiro atoms. The summed E-state index contributed by atoms with van der Waals surface area (Å²) in [5.41, 5.74) is -0.409. The molecule has 2 N–H and O–H groups in total. The van der Waals surface area contributed by atoms with Crippen LogP contribution in [0, 0.1) is 5.82 Å². The molecule has 0 radical (unpaired) electrons. The molecule has 0 bridgehead atoms. The highest BCUT2D eigenvalue weighted by Crippen LogP contribution is 2.33. The number of fused-ring (bicyclic) bond motifs is 1. The van der Waals surface area contributed by atoms with Gasteiger partial charge in [0.15, 0.2) is 5.01 Å². The summed E-state index contributed by atoms with van der Waals surface area (Å²) in [6.07, 6.45) is -3.50. The fourth-order valence-electron chi connectivity index (χ4n) is 2.90. The molecular weight excluding hydrogens is 462 g/mol. The van der Waals surface area contributed by atoms with Gasteiger partial charge in [0.05, 0.1) is 21.5 Å². The molecule has 2 aromatic heterocycles. The lowest BCUT2D eigenvalue weighted by atomic mass is 10.2. The molecule has 12 heteroatoms. The smallest absolute Gasteiger partial charge is 0.419 e. The van der Waals surface area contributed by atoms with Crippen molar-refractivity contribution in [3.05, 3.63) is 70.9 Å². The van der Waals surface area contributed by atoms with Crippen LogP contribution in [0.1, 0.15) is 21.1 Å². The maximum Gasteiger partial charge on any atom is 0.419 e. The number of nitrogens with one attached hydrogen (secondary N) is 2. The molecule has 0 fully saturated rings. The molecule has 2 aromatic carbocycles. The highest BCUT2D eigenvalue weighted by atomic mass is 32.1. The Morgan fingerprint density at radius 2 is 1.94 bits per heavy atom. The van der Waals surface area contributed by atoms with Gasteiger partial charge < -0.3 is 15.4 Å². The summed E-state index contributed by atoms with van der Waals surface area (Å²) >= 11 is 1.03. The standard InChI is InChI=1S/C21H15F4N5O2S/c1-26-9-12-7-18(28-10-27-12)32-13-3-5-16-17(8-13)33-20(30-16)19(31)29-11-2-4-15(22)14(6-11)21(23,24)25/h2-8,10,26H,9H2,1H3,(H,29,31). The van der Waals surface area contributed by atoms with Crippen LogP contribution in [0.3, 0.4) is 0 Å². The number of hydrogen-bond donors (Lipinski definition) is 2. The second kappa shape index (κ2) is 9.08. The number of thiazole rings is 1. The summed E-state index contributed by atoms with van der Waals surface area (Å²) in [5, 5.41) is 5.32. The monoisotopic (exact) mass is 477 g/mol. The van der Waals surface area contributed by atoms with Gasteiger partial charge in [0, 0.05) is 24.4 Å². The minimum Gasteiger partial charge on any atom is -0.439 e. The van der Waals surface area contributed by atoms with E-state index in [1.807, 2.05) is 0 Å². The number of halogens is 4. The molecule has 0 aliphatic rings. The Labute approximate surface area is 188 Å². The van der Waals surface area contributed by atoms with E-state index in [1.165, 1.54) is 6.33 Å². The number of nitrogens with zero attached hydrogens (tertiary/aromatic N) is 3. The Bertz CT molecular complexity index is 1330. The van der Waals surface area contributed by atoms with Crippen LogP contribution in [0.5, 0.6) is 11.6 Å². The predicted octanol–water partition coefficient (Wildman–Crippen LogP) is 5.01. The molecule has 0 atom stereocenters. The minimum atomic E-state index is -4.88. The van der Waals surface area contributed by atoms with Gasteiger partial charge in [0.2, 0.25) is 5.88 Å². The fraction of sp³-hybridized carbons (Fsp3) is 0.143. The number of carbonyl (C=O) groups excluding carboxylic acids is 1. The largest absolute Gasteiger partial charge is 0.439 e. The molecule has 170 valence electrons. The first-order valence-electron chi connectivity index (χ1n) is 9.45. The van der Waals surface area contributed by atoms with E-state index in [4.69, 9.17) is 4.74 Å². The third-order valence-electron chi connectivity index (χ3n) is 4.36. The summed E-state index contributed by atoms with van der Waals surface area (Å²) < 4.78 is 58.5. The van der Waals surface area contributed by atoms with Crippen molar-refractivity contribution in [1.82, 2.24) is 20.3 Å². The van der Waals surface area contributed by atoms with E-state index in [9.17, 15) is 22.4 Å². The van der Waals surface area contributed by atoms with Crippen LogP contribution in [-0.2, 0) is 12.7 Å². The molecule has 4 rings (SSSR count). The van der Waals surface area contributed by atoms with E-state index >= 15 is 0 Å². The number of anilines is 1. The van der Waals surface area contributed by atoms with Crippen molar-refractivity contribution in [3.63, 3.8) is 0 Å². The van der Waals surface area contributed by atoms with Crippen molar-refractivity contribution in [2.45, 2.75) is 12.7 Å². The summed E-state index contributed by atoms with van der Waals surface area (Å²) in [6, 6.07) is 8.89. The van der Waals surface area contributed by atoms with Gasteiger partial charge in [0.1, 0.15) is 17.9 Å². The average molecular weight is 477 g/mol. The van der Waals surface area contributed by atoms with Crippen LogP contribution in [-0.4, -0.2) is 27.9 Å². The van der Waals surface area contributed by atoms with E-state index in [1.54, 1.807) is 31.3 Å². The molecule has 0 saturated heterocycles. The van der Waals surface area contributed by atoms with E-state index in [0.717, 1.165) is 23.1 Å². The van der Waals surface area contributed by atoms with Crippen LogP contribution >= 0.6 is 11.3 Å². The number of alkyl halides is 3. The maximum absolute atomic E-state index is 13.5. The maximum atomic E-state index is 13.5. The molecule has 2 heterocycles. The number of ether oxygens (including phenoxy) is 1. The van der Waals surface area contributed by atoms with Crippen molar-refractivity contribution >= 4 is 33.1 Å². The third-order valence-corrected chi connectivity index (χ3v) is 5.38. The molecule has 0 aliphatic carbocycles. The lowest BCUT2D eigenvalue weighted by Crippen LogP contribution is -2.14. The van der Waals surface area contributed by atoms with Crippen molar-refractivity contribution in [2.75, 3.05) is 12.4 Å². The predicted molar refractivity (Wildman–Crippen MR) is 114 cm³/mol. The number of carbonyl (C=O) groups is 1. The Hall–Kier alpha value is -3.64. The zero-order valence-corrected chi connectivity index (χ0v) is 17.7. The van der Waals surface area contributed by atoms with E-state index in [2.05, 4.69) is 25.6 Å². The quantitative estimate of drug-likeness (QED) is 0.380. The fourth-order valence-corrected chi connectivity index (χ4v) is 3.79. The van der Waals surface area contributed by atoms with Gasteiger partial charge in [-0.05, 0) is 37.4 Å².